The zero-order chi connectivity index (χ0) is 14.7. The molecule has 0 fully saturated rings. The largest absolute Gasteiger partial charge is 0.496 e. The number of hydrogen-bond donors (Lipinski definition) is 0. The molecule has 2 aromatic rings. The van der Waals surface area contributed by atoms with E-state index in [9.17, 15) is 4.79 Å². The maximum atomic E-state index is 12.4. The molecule has 2 rings (SSSR count). The number of carbonyl (C=O) groups excluding carboxylic acids is 1. The van der Waals surface area contributed by atoms with Gasteiger partial charge < -0.3 is 4.74 Å². The highest BCUT2D eigenvalue weighted by molar-refractivity contribution is 6.30. The van der Waals surface area contributed by atoms with Gasteiger partial charge in [-0.05, 0) is 43.2 Å². The van der Waals surface area contributed by atoms with Crippen LogP contribution in [0.15, 0.2) is 36.4 Å². The van der Waals surface area contributed by atoms with Crippen molar-refractivity contribution in [1.82, 2.24) is 0 Å². The molecule has 2 aromatic carbocycles. The molecular formula is C17H17ClO2. The third-order valence-corrected chi connectivity index (χ3v) is 3.55. The summed E-state index contributed by atoms with van der Waals surface area (Å²) in [6.07, 6.45) is 0.367. The molecule has 0 saturated heterocycles. The second-order valence-corrected chi connectivity index (χ2v) is 5.31. The van der Waals surface area contributed by atoms with Crippen LogP contribution in [0.25, 0.3) is 0 Å². The Morgan fingerprint density at radius 2 is 1.90 bits per heavy atom. The maximum Gasteiger partial charge on any atom is 0.170 e. The van der Waals surface area contributed by atoms with Gasteiger partial charge in [0.1, 0.15) is 5.75 Å². The molecule has 0 spiro atoms. The van der Waals surface area contributed by atoms with Crippen molar-refractivity contribution in [2.75, 3.05) is 7.11 Å². The lowest BCUT2D eigenvalue weighted by Gasteiger charge is -2.10. The predicted octanol–water partition coefficient (Wildman–Crippen LogP) is 4.39. The summed E-state index contributed by atoms with van der Waals surface area (Å²) in [5.74, 6) is 0.556. The number of ketones is 1. The number of Topliss-reactive ketones (excluding diaryl/α,β-unsaturated/α-hetero) is 1. The normalized spacial score (nSPS) is 10.4. The first-order valence-electron chi connectivity index (χ1n) is 6.44. The lowest BCUT2D eigenvalue weighted by atomic mass is 9.97. The Balaban J connectivity index is 2.30. The lowest BCUT2D eigenvalue weighted by Crippen LogP contribution is -2.07. The van der Waals surface area contributed by atoms with Gasteiger partial charge in [0, 0.05) is 11.4 Å². The van der Waals surface area contributed by atoms with Crippen molar-refractivity contribution in [3.05, 3.63) is 63.7 Å². The van der Waals surface area contributed by atoms with Crippen LogP contribution in [0.4, 0.5) is 0 Å². The number of rotatable bonds is 4. The fourth-order valence-electron chi connectivity index (χ4n) is 2.15. The smallest absolute Gasteiger partial charge is 0.170 e. The first-order chi connectivity index (χ1) is 9.51. The average molecular weight is 289 g/mol. The molecule has 0 aromatic heterocycles. The summed E-state index contributed by atoms with van der Waals surface area (Å²) in [5.41, 5.74) is 3.89. The predicted molar refractivity (Wildman–Crippen MR) is 82.0 cm³/mol. The summed E-state index contributed by atoms with van der Waals surface area (Å²) in [6, 6.07) is 11.2. The summed E-state index contributed by atoms with van der Waals surface area (Å²) in [5, 5.41) is 0.560. The topological polar surface area (TPSA) is 26.3 Å². The van der Waals surface area contributed by atoms with Gasteiger partial charge in [-0.3, -0.25) is 4.79 Å². The number of carbonyl (C=O) groups is 1. The van der Waals surface area contributed by atoms with E-state index in [0.717, 1.165) is 16.7 Å². The summed E-state index contributed by atoms with van der Waals surface area (Å²) >= 11 is 5.92. The van der Waals surface area contributed by atoms with E-state index >= 15 is 0 Å². The second kappa shape index (κ2) is 6.10. The van der Waals surface area contributed by atoms with Crippen molar-refractivity contribution < 1.29 is 9.53 Å². The molecule has 0 heterocycles. The number of methoxy groups -OCH3 is 1. The number of hydrogen-bond acceptors (Lipinski definition) is 2. The van der Waals surface area contributed by atoms with Crippen molar-refractivity contribution in [2.45, 2.75) is 20.3 Å². The van der Waals surface area contributed by atoms with Crippen LogP contribution in [0.1, 0.15) is 27.0 Å². The molecule has 0 atom stereocenters. The van der Waals surface area contributed by atoms with Gasteiger partial charge in [-0.1, -0.05) is 35.4 Å². The van der Waals surface area contributed by atoms with Crippen molar-refractivity contribution in [3.63, 3.8) is 0 Å². The Labute approximate surface area is 124 Å². The van der Waals surface area contributed by atoms with Crippen LogP contribution >= 0.6 is 11.6 Å². The van der Waals surface area contributed by atoms with E-state index < -0.39 is 0 Å². The number of halogens is 1. The monoisotopic (exact) mass is 288 g/mol. The molecule has 0 aliphatic heterocycles. The SMILES string of the molecule is COc1cc(Cl)ccc1C(=O)Cc1cc(C)ccc1C. The van der Waals surface area contributed by atoms with Crippen molar-refractivity contribution >= 4 is 17.4 Å². The molecule has 3 heteroatoms. The minimum absolute atomic E-state index is 0.0345. The fourth-order valence-corrected chi connectivity index (χ4v) is 2.32. The van der Waals surface area contributed by atoms with E-state index in [1.807, 2.05) is 26.0 Å². The van der Waals surface area contributed by atoms with Gasteiger partial charge in [0.05, 0.1) is 12.7 Å². The van der Waals surface area contributed by atoms with Crippen LogP contribution < -0.4 is 4.74 Å². The van der Waals surface area contributed by atoms with Crippen LogP contribution in [0.2, 0.25) is 5.02 Å². The molecule has 0 saturated carbocycles. The van der Waals surface area contributed by atoms with E-state index in [4.69, 9.17) is 16.3 Å². The zero-order valence-electron chi connectivity index (χ0n) is 11.9. The minimum Gasteiger partial charge on any atom is -0.496 e. The molecule has 0 bridgehead atoms. The molecule has 0 aliphatic carbocycles. The summed E-state index contributed by atoms with van der Waals surface area (Å²) in [4.78, 5) is 12.4. The Bertz CT molecular complexity index is 647. The number of benzene rings is 2. The second-order valence-electron chi connectivity index (χ2n) is 4.87. The van der Waals surface area contributed by atoms with Crippen LogP contribution in [0.5, 0.6) is 5.75 Å². The zero-order valence-corrected chi connectivity index (χ0v) is 12.6. The summed E-state index contributed by atoms with van der Waals surface area (Å²) < 4.78 is 5.23. The Hall–Kier alpha value is -1.80. The minimum atomic E-state index is 0.0345. The Kier molecular flexibility index (Phi) is 4.46. The van der Waals surface area contributed by atoms with E-state index in [1.54, 1.807) is 25.3 Å². The van der Waals surface area contributed by atoms with E-state index in [0.29, 0.717) is 22.8 Å². The first-order valence-corrected chi connectivity index (χ1v) is 6.82. The van der Waals surface area contributed by atoms with E-state index in [2.05, 4.69) is 6.07 Å². The van der Waals surface area contributed by atoms with Crippen LogP contribution in [-0.2, 0) is 6.42 Å². The first kappa shape index (κ1) is 14.6. The highest BCUT2D eigenvalue weighted by Gasteiger charge is 2.14. The van der Waals surface area contributed by atoms with Gasteiger partial charge in [-0.25, -0.2) is 0 Å². The standard InChI is InChI=1S/C17H17ClO2/c1-11-4-5-12(2)13(8-11)9-16(19)15-7-6-14(18)10-17(15)20-3/h4-8,10H,9H2,1-3H3. The third kappa shape index (κ3) is 3.20. The molecular weight excluding hydrogens is 272 g/mol. The van der Waals surface area contributed by atoms with Crippen LogP contribution in [0.3, 0.4) is 0 Å². The molecule has 20 heavy (non-hydrogen) atoms. The molecule has 0 aliphatic rings. The quantitative estimate of drug-likeness (QED) is 0.780. The highest BCUT2D eigenvalue weighted by atomic mass is 35.5. The molecule has 2 nitrogen and oxygen atoms in total. The fraction of sp³-hybridized carbons (Fsp3) is 0.235. The average Bonchev–Trinajstić information content (AvgIpc) is 2.42. The van der Waals surface area contributed by atoms with Gasteiger partial charge in [0.25, 0.3) is 0 Å². The molecule has 0 unspecified atom stereocenters. The van der Waals surface area contributed by atoms with E-state index in [-0.39, 0.29) is 5.78 Å². The highest BCUT2D eigenvalue weighted by Crippen LogP contribution is 2.25. The lowest BCUT2D eigenvalue weighted by molar-refractivity contribution is 0.0990. The number of aryl methyl sites for hydroxylation is 2. The summed E-state index contributed by atoms with van der Waals surface area (Å²) in [6.45, 7) is 4.04. The summed E-state index contributed by atoms with van der Waals surface area (Å²) in [7, 11) is 1.54. The van der Waals surface area contributed by atoms with Crippen molar-refractivity contribution in [3.8, 4) is 5.75 Å². The van der Waals surface area contributed by atoms with Crippen molar-refractivity contribution in [2.24, 2.45) is 0 Å². The van der Waals surface area contributed by atoms with Gasteiger partial charge >= 0.3 is 0 Å². The molecule has 0 N–H and O–H groups in total. The third-order valence-electron chi connectivity index (χ3n) is 3.32. The van der Waals surface area contributed by atoms with E-state index in [1.165, 1.54) is 0 Å². The Morgan fingerprint density at radius 3 is 2.60 bits per heavy atom. The van der Waals surface area contributed by atoms with Gasteiger partial charge in [-0.15, -0.1) is 0 Å². The van der Waals surface area contributed by atoms with Gasteiger partial charge in [0.2, 0.25) is 0 Å². The molecule has 0 radical (unpaired) electrons. The van der Waals surface area contributed by atoms with Crippen LogP contribution in [-0.4, -0.2) is 12.9 Å². The number of ether oxygens (including phenoxy) is 1. The van der Waals surface area contributed by atoms with Crippen LogP contribution in [0, 0.1) is 13.8 Å². The van der Waals surface area contributed by atoms with Crippen molar-refractivity contribution in [1.29, 1.82) is 0 Å². The van der Waals surface area contributed by atoms with Gasteiger partial charge in [-0.2, -0.15) is 0 Å². The molecule has 0 amide bonds. The van der Waals surface area contributed by atoms with Gasteiger partial charge in [0.15, 0.2) is 5.78 Å². The Morgan fingerprint density at radius 1 is 1.15 bits per heavy atom. The maximum absolute atomic E-state index is 12.4. The molecule has 104 valence electrons.